The van der Waals surface area contributed by atoms with Gasteiger partial charge in [-0.2, -0.15) is 0 Å². The molecule has 5 heteroatoms. The Bertz CT molecular complexity index is 1550. The summed E-state index contributed by atoms with van der Waals surface area (Å²) in [6, 6.07) is 5.96. The predicted octanol–water partition coefficient (Wildman–Crippen LogP) is 11.7. The van der Waals surface area contributed by atoms with Crippen LogP contribution in [0.3, 0.4) is 0 Å². The lowest BCUT2D eigenvalue weighted by Crippen LogP contribution is -2.60. The minimum absolute atomic E-state index is 0.0960. The molecule has 274 valence electrons. The van der Waals surface area contributed by atoms with Crippen LogP contribution in [-0.2, 0) is 16.1 Å². The van der Waals surface area contributed by atoms with Gasteiger partial charge in [-0.3, -0.25) is 4.79 Å². The smallest absolute Gasteiger partial charge is 0.136 e. The Morgan fingerprint density at radius 2 is 1.70 bits per heavy atom. The summed E-state index contributed by atoms with van der Waals surface area (Å²) in [5.74, 6) is 5.43. The Labute approximate surface area is 313 Å². The van der Waals surface area contributed by atoms with E-state index in [9.17, 15) is 9.59 Å². The van der Waals surface area contributed by atoms with Crippen molar-refractivity contribution in [2.75, 3.05) is 6.54 Å². The molecule has 7 rings (SSSR count). The van der Waals surface area contributed by atoms with Gasteiger partial charge in [0, 0.05) is 24.8 Å². The number of carbonyl (C=O) groups excluding carboxylic acids is 2. The van der Waals surface area contributed by atoms with E-state index in [1.807, 2.05) is 17.7 Å². The van der Waals surface area contributed by atoms with Crippen LogP contribution in [0.15, 0.2) is 41.5 Å². The first-order valence-corrected chi connectivity index (χ1v) is 21.0. The lowest BCUT2D eigenvalue weighted by molar-refractivity contribution is -0.172. The van der Waals surface area contributed by atoms with Gasteiger partial charge < -0.3 is 10.1 Å². The molecule has 6 aliphatic carbocycles. The maximum atomic E-state index is 13.4. The quantitative estimate of drug-likeness (QED) is 0.193. The van der Waals surface area contributed by atoms with Crippen LogP contribution in [0.1, 0.15) is 124 Å². The van der Waals surface area contributed by atoms with E-state index in [1.165, 1.54) is 68.9 Å². The Kier molecular flexibility index (Phi) is 10.2. The van der Waals surface area contributed by atoms with Crippen LogP contribution >= 0.6 is 23.2 Å². The Morgan fingerprint density at radius 3 is 2.40 bits per heavy atom. The highest BCUT2D eigenvalue weighted by Crippen LogP contribution is 2.73. The fraction of sp³-hybridized carbons (Fsp3) is 0.733. The van der Waals surface area contributed by atoms with Gasteiger partial charge in [0.2, 0.25) is 0 Å². The molecule has 0 saturated heterocycles. The van der Waals surface area contributed by atoms with E-state index in [0.29, 0.717) is 56.2 Å². The molecule has 0 aromatic heterocycles. The van der Waals surface area contributed by atoms with Crippen LogP contribution < -0.4 is 5.32 Å². The van der Waals surface area contributed by atoms with Crippen molar-refractivity contribution in [3.63, 3.8) is 0 Å². The van der Waals surface area contributed by atoms with Crippen molar-refractivity contribution in [3.05, 3.63) is 57.1 Å². The van der Waals surface area contributed by atoms with Crippen LogP contribution in [0.5, 0.6) is 0 Å². The molecule has 5 fully saturated rings. The minimum Gasteiger partial charge on any atom is -0.313 e. The first-order chi connectivity index (χ1) is 23.7. The summed E-state index contributed by atoms with van der Waals surface area (Å²) in [7, 11) is 0. The van der Waals surface area contributed by atoms with E-state index in [1.54, 1.807) is 5.57 Å². The third kappa shape index (κ3) is 5.95. The molecule has 0 heterocycles. The van der Waals surface area contributed by atoms with E-state index >= 15 is 0 Å². The van der Waals surface area contributed by atoms with Crippen molar-refractivity contribution in [3.8, 4) is 0 Å². The summed E-state index contributed by atoms with van der Waals surface area (Å²) < 4.78 is 0. The molecule has 6 aliphatic rings. The normalized spacial score (nSPS) is 42.3. The molecule has 0 amide bonds. The van der Waals surface area contributed by atoms with Crippen LogP contribution in [0.4, 0.5) is 0 Å². The fourth-order valence-electron chi connectivity index (χ4n) is 14.0. The number of halogens is 2. The summed E-state index contributed by atoms with van der Waals surface area (Å²) in [6.07, 6.45) is 15.4. The van der Waals surface area contributed by atoms with Gasteiger partial charge in [0.15, 0.2) is 0 Å². The van der Waals surface area contributed by atoms with Crippen molar-refractivity contribution in [2.24, 2.45) is 75.4 Å². The second-order valence-electron chi connectivity index (χ2n) is 19.1. The van der Waals surface area contributed by atoms with Gasteiger partial charge in [0.1, 0.15) is 12.1 Å². The van der Waals surface area contributed by atoms with Gasteiger partial charge in [-0.05, 0) is 164 Å². The molecule has 50 heavy (non-hydrogen) atoms. The molecule has 1 N–H and O–H groups in total. The first kappa shape index (κ1) is 36.9. The van der Waals surface area contributed by atoms with Crippen molar-refractivity contribution in [1.82, 2.24) is 5.32 Å². The lowest BCUT2D eigenvalue weighted by atomic mass is 9.37. The largest absolute Gasteiger partial charge is 0.313 e. The number of aldehydes is 1. The average Bonchev–Trinajstić information content (AvgIpc) is 3.38. The molecule has 0 bridgehead atoms. The highest BCUT2D eigenvalue weighted by Gasteiger charge is 2.64. The number of fused-ring (bicyclic) bond motifs is 7. The van der Waals surface area contributed by atoms with Crippen LogP contribution in [0.25, 0.3) is 0 Å². The SMILES string of the molecule is C=C1CC2(CCNCc3ccc(Cl)c(Cl)c3)CCC3C(CCC4C3(C)CCC3C(C)C(CC(=O)C5CC(C=O)C5C)CCC34C)C2=C1C(C)C. The molecular formula is C45H63Cl2NO2. The molecule has 12 atom stereocenters. The first-order valence-electron chi connectivity index (χ1n) is 20.3. The Balaban J connectivity index is 1.07. The standard InChI is InChI=1S/C45H63Cl2NO2/c1-26(2)41-27(3)23-45(18-19-48-24-30-8-10-37(46)38(47)20-30)17-14-36-33(42(41)45)9-11-40-43(6)15-12-31(29(5)35(43)13-16-44(36,40)7)22-39(50)34-21-32(25-49)28(34)4/h8,10,20,25-26,28-29,31-36,40,48H,3,9,11-19,21-24H2,1-2,4-7H3. The zero-order valence-electron chi connectivity index (χ0n) is 31.8. The van der Waals surface area contributed by atoms with Gasteiger partial charge in [-0.25, -0.2) is 0 Å². The molecule has 0 radical (unpaired) electrons. The number of ketones is 1. The number of rotatable bonds is 10. The number of hydrogen-bond donors (Lipinski definition) is 1. The number of hydrogen-bond acceptors (Lipinski definition) is 3. The molecule has 3 nitrogen and oxygen atoms in total. The highest BCUT2D eigenvalue weighted by atomic mass is 35.5. The zero-order chi connectivity index (χ0) is 35.7. The molecule has 0 aliphatic heterocycles. The van der Waals surface area contributed by atoms with Crippen molar-refractivity contribution < 1.29 is 9.59 Å². The summed E-state index contributed by atoms with van der Waals surface area (Å²) in [6.45, 7) is 21.4. The summed E-state index contributed by atoms with van der Waals surface area (Å²) in [5.41, 5.74) is 7.04. The van der Waals surface area contributed by atoms with Crippen molar-refractivity contribution in [1.29, 1.82) is 0 Å². The van der Waals surface area contributed by atoms with Gasteiger partial charge >= 0.3 is 0 Å². The second kappa shape index (κ2) is 13.8. The summed E-state index contributed by atoms with van der Waals surface area (Å²) in [4.78, 5) is 24.8. The molecule has 1 aromatic carbocycles. The molecule has 12 unspecified atom stereocenters. The van der Waals surface area contributed by atoms with E-state index in [2.05, 4.69) is 52.9 Å². The monoisotopic (exact) mass is 719 g/mol. The number of Topliss-reactive ketones (excluding diaryl/α,β-unsaturated/α-hetero) is 1. The van der Waals surface area contributed by atoms with E-state index in [4.69, 9.17) is 29.8 Å². The van der Waals surface area contributed by atoms with Crippen LogP contribution in [0, 0.1) is 75.4 Å². The maximum absolute atomic E-state index is 13.4. The van der Waals surface area contributed by atoms with Gasteiger partial charge in [-0.1, -0.05) is 88.5 Å². The predicted molar refractivity (Wildman–Crippen MR) is 207 cm³/mol. The number of nitrogens with one attached hydrogen (secondary N) is 1. The fourth-order valence-corrected chi connectivity index (χ4v) is 14.3. The zero-order valence-corrected chi connectivity index (χ0v) is 33.3. The minimum atomic E-state index is 0.0960. The number of allylic oxidation sites excluding steroid dienone is 3. The molecule has 1 aromatic rings. The lowest BCUT2D eigenvalue weighted by Gasteiger charge is -2.67. The van der Waals surface area contributed by atoms with Crippen molar-refractivity contribution >= 4 is 35.3 Å². The Hall–Kier alpha value is -1.42. The van der Waals surface area contributed by atoms with E-state index < -0.39 is 0 Å². The number of benzene rings is 1. The molecular weight excluding hydrogens is 657 g/mol. The second-order valence-corrected chi connectivity index (χ2v) is 19.9. The highest BCUT2D eigenvalue weighted by molar-refractivity contribution is 6.42. The average molecular weight is 721 g/mol. The maximum Gasteiger partial charge on any atom is 0.136 e. The van der Waals surface area contributed by atoms with E-state index in [-0.39, 0.29) is 23.2 Å². The summed E-state index contributed by atoms with van der Waals surface area (Å²) in [5, 5.41) is 5.01. The van der Waals surface area contributed by atoms with Crippen LogP contribution in [0.2, 0.25) is 10.0 Å². The number of carbonyl (C=O) groups is 2. The van der Waals surface area contributed by atoms with Gasteiger partial charge in [0.05, 0.1) is 10.0 Å². The topological polar surface area (TPSA) is 46.2 Å². The molecule has 0 spiro atoms. The molecule has 5 saturated carbocycles. The third-order valence-corrected chi connectivity index (χ3v) is 17.4. The Morgan fingerprint density at radius 1 is 0.980 bits per heavy atom. The summed E-state index contributed by atoms with van der Waals surface area (Å²) >= 11 is 12.5. The third-order valence-electron chi connectivity index (χ3n) is 16.6. The van der Waals surface area contributed by atoms with Crippen LogP contribution in [-0.4, -0.2) is 18.6 Å². The van der Waals surface area contributed by atoms with Gasteiger partial charge in [0.25, 0.3) is 0 Å². The van der Waals surface area contributed by atoms with Gasteiger partial charge in [-0.15, -0.1) is 0 Å². The van der Waals surface area contributed by atoms with E-state index in [0.717, 1.165) is 50.5 Å². The van der Waals surface area contributed by atoms with Crippen molar-refractivity contribution in [2.45, 2.75) is 125 Å².